The van der Waals surface area contributed by atoms with E-state index >= 15 is 0 Å². The summed E-state index contributed by atoms with van der Waals surface area (Å²) in [6, 6.07) is 6.01. The summed E-state index contributed by atoms with van der Waals surface area (Å²) in [7, 11) is 3.27. The maximum absolute atomic E-state index is 12.2. The van der Waals surface area contributed by atoms with Crippen molar-refractivity contribution in [2.45, 2.75) is 25.8 Å². The molecule has 0 radical (unpaired) electrons. The Kier molecular flexibility index (Phi) is 7.06. The molecular weight excluding hydrogens is 322 g/mol. The lowest BCUT2D eigenvalue weighted by molar-refractivity contribution is -0.910. The smallest absolute Gasteiger partial charge is 0.275 e. The van der Waals surface area contributed by atoms with Gasteiger partial charge in [0, 0.05) is 25.5 Å². The molecule has 2 amide bonds. The monoisotopic (exact) mass is 350 g/mol. The minimum absolute atomic E-state index is 0.0243. The second-order valence-corrected chi connectivity index (χ2v) is 6.12. The molecule has 0 saturated carbocycles. The molecule has 3 N–H and O–H groups in total. The van der Waals surface area contributed by atoms with E-state index in [4.69, 9.17) is 9.47 Å². The fraction of sp³-hybridized carbons (Fsp3) is 0.556. The number of likely N-dealkylation sites (N-methyl/N-ethyl adjacent to an activating group) is 1. The van der Waals surface area contributed by atoms with Gasteiger partial charge in [0.25, 0.3) is 5.91 Å². The summed E-state index contributed by atoms with van der Waals surface area (Å²) in [4.78, 5) is 24.8. The summed E-state index contributed by atoms with van der Waals surface area (Å²) < 4.78 is 10.8. The Morgan fingerprint density at radius 1 is 1.20 bits per heavy atom. The van der Waals surface area contributed by atoms with Gasteiger partial charge in [-0.1, -0.05) is 0 Å². The van der Waals surface area contributed by atoms with Crippen molar-refractivity contribution in [2.75, 3.05) is 40.4 Å². The number of carbonyl (C=O) groups excluding carboxylic acids is 2. The molecule has 1 unspecified atom stereocenters. The van der Waals surface area contributed by atoms with Crippen molar-refractivity contribution in [3.05, 3.63) is 23.8 Å². The van der Waals surface area contributed by atoms with Crippen molar-refractivity contribution < 1.29 is 24.0 Å². The summed E-state index contributed by atoms with van der Waals surface area (Å²) >= 11 is 0. The van der Waals surface area contributed by atoms with Crippen LogP contribution in [-0.4, -0.2) is 52.2 Å². The molecule has 7 nitrogen and oxygen atoms in total. The fourth-order valence-electron chi connectivity index (χ4n) is 3.31. The van der Waals surface area contributed by atoms with Gasteiger partial charge in [0.2, 0.25) is 5.91 Å². The van der Waals surface area contributed by atoms with E-state index in [9.17, 15) is 9.59 Å². The summed E-state index contributed by atoms with van der Waals surface area (Å²) in [5.41, 5.74) is 1.09. The Labute approximate surface area is 148 Å². The summed E-state index contributed by atoms with van der Waals surface area (Å²) in [5, 5.41) is 5.36. The standard InChI is InChI=1S/C18H27N3O4/c1-4-19-17(22)11-20-18(23)12-21-9-5-6-15(21)14-8-7-13(24-2)10-16(14)25-3/h7-8,10,15H,4-6,9,11-12H2,1-3H3,(H,19,22)(H,20,23)/p+1/t15-/m1/s1. The zero-order valence-corrected chi connectivity index (χ0v) is 15.2. The molecule has 138 valence electrons. The Bertz CT molecular complexity index is 606. The molecule has 1 aliphatic rings. The molecule has 1 heterocycles. The van der Waals surface area contributed by atoms with E-state index in [1.54, 1.807) is 14.2 Å². The van der Waals surface area contributed by atoms with E-state index in [2.05, 4.69) is 10.6 Å². The highest BCUT2D eigenvalue weighted by molar-refractivity contribution is 5.84. The zero-order chi connectivity index (χ0) is 18.2. The van der Waals surface area contributed by atoms with E-state index in [-0.39, 0.29) is 24.4 Å². The molecule has 0 aliphatic carbocycles. The van der Waals surface area contributed by atoms with Crippen molar-refractivity contribution in [2.24, 2.45) is 0 Å². The second kappa shape index (κ2) is 9.27. The van der Waals surface area contributed by atoms with E-state index in [0.717, 1.165) is 36.4 Å². The van der Waals surface area contributed by atoms with Crippen LogP contribution in [0.2, 0.25) is 0 Å². The maximum atomic E-state index is 12.2. The van der Waals surface area contributed by atoms with Gasteiger partial charge >= 0.3 is 0 Å². The first-order valence-corrected chi connectivity index (χ1v) is 8.69. The third kappa shape index (κ3) is 5.09. The van der Waals surface area contributed by atoms with Crippen LogP contribution in [0.1, 0.15) is 31.4 Å². The van der Waals surface area contributed by atoms with Crippen LogP contribution in [0.15, 0.2) is 18.2 Å². The third-order valence-electron chi connectivity index (χ3n) is 4.51. The SMILES string of the molecule is CCNC(=O)CNC(=O)C[NH+]1CCC[C@@H]1c1ccc(OC)cc1OC. The first-order chi connectivity index (χ1) is 12.1. The van der Waals surface area contributed by atoms with Gasteiger partial charge < -0.3 is 25.0 Å². The van der Waals surface area contributed by atoms with E-state index < -0.39 is 0 Å². The number of likely N-dealkylation sites (tertiary alicyclic amines) is 1. The lowest BCUT2D eigenvalue weighted by atomic mass is 10.0. The Morgan fingerprint density at radius 3 is 2.68 bits per heavy atom. The van der Waals surface area contributed by atoms with Crippen LogP contribution < -0.4 is 25.0 Å². The van der Waals surface area contributed by atoms with Crippen LogP contribution in [0.5, 0.6) is 11.5 Å². The van der Waals surface area contributed by atoms with Crippen LogP contribution in [0.3, 0.4) is 0 Å². The zero-order valence-electron chi connectivity index (χ0n) is 15.2. The van der Waals surface area contributed by atoms with Crippen LogP contribution in [0.4, 0.5) is 0 Å². The molecular formula is C18H28N3O4+. The lowest BCUT2D eigenvalue weighted by Gasteiger charge is -2.23. The third-order valence-corrected chi connectivity index (χ3v) is 4.51. The number of benzene rings is 1. The molecule has 1 aliphatic heterocycles. The van der Waals surface area contributed by atoms with Crippen LogP contribution >= 0.6 is 0 Å². The topological polar surface area (TPSA) is 81.1 Å². The van der Waals surface area contributed by atoms with Crippen molar-refractivity contribution in [3.63, 3.8) is 0 Å². The number of methoxy groups -OCH3 is 2. The quantitative estimate of drug-likeness (QED) is 0.600. The average Bonchev–Trinajstić information content (AvgIpc) is 3.07. The number of amides is 2. The molecule has 7 heteroatoms. The summed E-state index contributed by atoms with van der Waals surface area (Å²) in [5.74, 6) is 1.26. The minimum Gasteiger partial charge on any atom is -0.497 e. The maximum Gasteiger partial charge on any atom is 0.275 e. The molecule has 1 saturated heterocycles. The molecule has 0 bridgehead atoms. The van der Waals surface area contributed by atoms with Gasteiger partial charge in [0.15, 0.2) is 6.54 Å². The minimum atomic E-state index is -0.166. The molecule has 25 heavy (non-hydrogen) atoms. The molecule has 0 spiro atoms. The number of rotatable bonds is 8. The van der Waals surface area contributed by atoms with Gasteiger partial charge in [0.1, 0.15) is 17.5 Å². The van der Waals surface area contributed by atoms with Crippen molar-refractivity contribution in [1.82, 2.24) is 10.6 Å². The highest BCUT2D eigenvalue weighted by atomic mass is 16.5. The van der Waals surface area contributed by atoms with Gasteiger partial charge in [-0.3, -0.25) is 9.59 Å². The van der Waals surface area contributed by atoms with Crippen LogP contribution in [0, 0.1) is 0 Å². The number of hydrogen-bond acceptors (Lipinski definition) is 4. The molecule has 2 atom stereocenters. The van der Waals surface area contributed by atoms with E-state index in [1.165, 1.54) is 4.90 Å². The summed E-state index contributed by atoms with van der Waals surface area (Å²) in [6.45, 7) is 3.70. The van der Waals surface area contributed by atoms with Crippen molar-refractivity contribution >= 4 is 11.8 Å². The Morgan fingerprint density at radius 2 is 2.00 bits per heavy atom. The molecule has 1 fully saturated rings. The highest BCUT2D eigenvalue weighted by Crippen LogP contribution is 2.31. The van der Waals surface area contributed by atoms with Gasteiger partial charge in [-0.15, -0.1) is 0 Å². The number of ether oxygens (including phenoxy) is 2. The average molecular weight is 350 g/mol. The van der Waals surface area contributed by atoms with Gasteiger partial charge in [-0.25, -0.2) is 0 Å². The number of quaternary nitrogens is 1. The first-order valence-electron chi connectivity index (χ1n) is 8.69. The normalized spacial score (nSPS) is 19.3. The van der Waals surface area contributed by atoms with Crippen molar-refractivity contribution in [3.8, 4) is 11.5 Å². The molecule has 2 rings (SSSR count). The van der Waals surface area contributed by atoms with Gasteiger partial charge in [0.05, 0.1) is 32.9 Å². The Hall–Kier alpha value is -2.28. The first kappa shape index (κ1) is 19.1. The summed E-state index contributed by atoms with van der Waals surface area (Å²) in [6.07, 6.45) is 2.06. The number of carbonyl (C=O) groups is 2. The van der Waals surface area contributed by atoms with Gasteiger partial charge in [-0.2, -0.15) is 0 Å². The molecule has 1 aromatic carbocycles. The van der Waals surface area contributed by atoms with Crippen molar-refractivity contribution in [1.29, 1.82) is 0 Å². The Balaban J connectivity index is 2.00. The predicted molar refractivity (Wildman–Crippen MR) is 93.9 cm³/mol. The second-order valence-electron chi connectivity index (χ2n) is 6.12. The highest BCUT2D eigenvalue weighted by Gasteiger charge is 2.33. The molecule has 0 aromatic heterocycles. The number of nitrogens with one attached hydrogen (secondary N) is 3. The lowest BCUT2D eigenvalue weighted by Crippen LogP contribution is -3.11. The van der Waals surface area contributed by atoms with E-state index in [1.807, 2.05) is 25.1 Å². The predicted octanol–water partition coefficient (Wildman–Crippen LogP) is -0.324. The van der Waals surface area contributed by atoms with Crippen LogP contribution in [-0.2, 0) is 9.59 Å². The number of hydrogen-bond donors (Lipinski definition) is 3. The van der Waals surface area contributed by atoms with E-state index in [0.29, 0.717) is 13.1 Å². The largest absolute Gasteiger partial charge is 0.497 e. The fourth-order valence-corrected chi connectivity index (χ4v) is 3.31. The van der Waals surface area contributed by atoms with Gasteiger partial charge in [-0.05, 0) is 19.1 Å². The van der Waals surface area contributed by atoms with Crippen LogP contribution in [0.25, 0.3) is 0 Å². The molecule has 1 aromatic rings.